The number of aromatic carboxylic acids is 1. The highest BCUT2D eigenvalue weighted by Crippen LogP contribution is 2.30. The Kier molecular flexibility index (Phi) is 3.88. The summed E-state index contributed by atoms with van der Waals surface area (Å²) in [6.07, 6.45) is 0. The maximum absolute atomic E-state index is 12.3. The summed E-state index contributed by atoms with van der Waals surface area (Å²) in [5, 5.41) is 8.98. The first kappa shape index (κ1) is 13.6. The van der Waals surface area contributed by atoms with Crippen molar-refractivity contribution in [1.29, 1.82) is 0 Å². The van der Waals surface area contributed by atoms with Crippen molar-refractivity contribution in [3.63, 3.8) is 0 Å². The summed E-state index contributed by atoms with van der Waals surface area (Å²) in [5.41, 5.74) is 0.258. The Bertz CT molecular complexity index is 651. The van der Waals surface area contributed by atoms with Gasteiger partial charge in [-0.05, 0) is 12.1 Å². The van der Waals surface area contributed by atoms with Gasteiger partial charge in [0.05, 0.1) is 21.2 Å². The minimum Gasteiger partial charge on any atom is -0.478 e. The van der Waals surface area contributed by atoms with Gasteiger partial charge in [-0.15, -0.1) is 0 Å². The molecule has 5 heteroatoms. The normalized spacial score (nSPS) is 10.2. The van der Waals surface area contributed by atoms with Gasteiger partial charge >= 0.3 is 5.97 Å². The van der Waals surface area contributed by atoms with Crippen molar-refractivity contribution in [3.05, 3.63) is 69.2 Å². The Labute approximate surface area is 119 Å². The summed E-state index contributed by atoms with van der Waals surface area (Å²) >= 11 is 11.9. The van der Waals surface area contributed by atoms with E-state index in [0.717, 1.165) is 0 Å². The molecule has 2 aromatic rings. The molecule has 0 heterocycles. The highest BCUT2D eigenvalue weighted by atomic mass is 35.5. The van der Waals surface area contributed by atoms with Crippen molar-refractivity contribution in [2.24, 2.45) is 0 Å². The molecule has 0 unspecified atom stereocenters. The predicted octanol–water partition coefficient (Wildman–Crippen LogP) is 3.92. The van der Waals surface area contributed by atoms with Gasteiger partial charge in [0.1, 0.15) is 0 Å². The van der Waals surface area contributed by atoms with Gasteiger partial charge in [-0.1, -0.05) is 53.5 Å². The monoisotopic (exact) mass is 294 g/mol. The van der Waals surface area contributed by atoms with E-state index >= 15 is 0 Å². The smallest absolute Gasteiger partial charge is 0.337 e. The minimum absolute atomic E-state index is 0.00873. The lowest BCUT2D eigenvalue weighted by atomic mass is 10.0. The Morgan fingerprint density at radius 1 is 0.947 bits per heavy atom. The van der Waals surface area contributed by atoms with Crippen molar-refractivity contribution in [2.45, 2.75) is 0 Å². The van der Waals surface area contributed by atoms with Crippen LogP contribution in [-0.4, -0.2) is 16.9 Å². The van der Waals surface area contributed by atoms with E-state index in [0.29, 0.717) is 5.56 Å². The van der Waals surface area contributed by atoms with E-state index < -0.39 is 11.8 Å². The van der Waals surface area contributed by atoms with Crippen LogP contribution in [0.25, 0.3) is 0 Å². The van der Waals surface area contributed by atoms with Crippen molar-refractivity contribution >= 4 is 35.0 Å². The van der Waals surface area contributed by atoms with E-state index in [9.17, 15) is 9.59 Å². The van der Waals surface area contributed by atoms with Gasteiger partial charge < -0.3 is 5.11 Å². The van der Waals surface area contributed by atoms with Gasteiger partial charge in [0, 0.05) is 5.56 Å². The molecule has 0 radical (unpaired) electrons. The number of benzene rings is 2. The summed E-state index contributed by atoms with van der Waals surface area (Å²) in [4.78, 5) is 23.3. The molecule has 0 aliphatic carbocycles. The lowest BCUT2D eigenvalue weighted by Crippen LogP contribution is -2.07. The maximum Gasteiger partial charge on any atom is 0.337 e. The van der Waals surface area contributed by atoms with Gasteiger partial charge in [-0.2, -0.15) is 0 Å². The highest BCUT2D eigenvalue weighted by molar-refractivity contribution is 6.42. The van der Waals surface area contributed by atoms with Crippen LogP contribution in [0.1, 0.15) is 26.3 Å². The number of hydrogen-bond acceptors (Lipinski definition) is 2. The molecule has 96 valence electrons. The van der Waals surface area contributed by atoms with Crippen LogP contribution in [-0.2, 0) is 0 Å². The van der Waals surface area contributed by atoms with Crippen LogP contribution in [0, 0.1) is 0 Å². The molecule has 0 aromatic heterocycles. The van der Waals surface area contributed by atoms with E-state index in [1.54, 1.807) is 30.3 Å². The van der Waals surface area contributed by atoms with E-state index in [4.69, 9.17) is 28.3 Å². The fourth-order valence-electron chi connectivity index (χ4n) is 1.66. The maximum atomic E-state index is 12.3. The molecule has 2 rings (SSSR count). The van der Waals surface area contributed by atoms with Crippen molar-refractivity contribution < 1.29 is 14.7 Å². The van der Waals surface area contributed by atoms with Crippen LogP contribution in [0.4, 0.5) is 0 Å². The first-order valence-corrected chi connectivity index (χ1v) is 6.09. The number of carbonyl (C=O) groups is 2. The highest BCUT2D eigenvalue weighted by Gasteiger charge is 2.21. The molecule has 1 N–H and O–H groups in total. The van der Waals surface area contributed by atoms with E-state index in [2.05, 4.69) is 0 Å². The van der Waals surface area contributed by atoms with Crippen LogP contribution in [0.3, 0.4) is 0 Å². The van der Waals surface area contributed by atoms with E-state index in [1.807, 2.05) is 0 Å². The summed E-state index contributed by atoms with van der Waals surface area (Å²) < 4.78 is 0. The van der Waals surface area contributed by atoms with Crippen molar-refractivity contribution in [3.8, 4) is 0 Å². The number of ketones is 1. The van der Waals surface area contributed by atoms with Crippen LogP contribution in [0.15, 0.2) is 42.5 Å². The Morgan fingerprint density at radius 3 is 2.16 bits per heavy atom. The molecule has 3 nitrogen and oxygen atoms in total. The van der Waals surface area contributed by atoms with Gasteiger partial charge in [0.25, 0.3) is 0 Å². The lowest BCUT2D eigenvalue weighted by Gasteiger charge is -2.08. The third kappa shape index (κ3) is 2.62. The van der Waals surface area contributed by atoms with Gasteiger partial charge in [0.2, 0.25) is 0 Å². The summed E-state index contributed by atoms with van der Waals surface area (Å²) in [6, 6.07) is 11.0. The molecular weight excluding hydrogens is 287 g/mol. The molecule has 0 bridgehead atoms. The average Bonchev–Trinajstić information content (AvgIpc) is 2.39. The molecule has 0 fully saturated rings. The fourth-order valence-corrected chi connectivity index (χ4v) is 2.28. The van der Waals surface area contributed by atoms with Crippen LogP contribution in [0.2, 0.25) is 10.0 Å². The number of carboxylic acid groups (broad SMARTS) is 1. The molecule has 2 aromatic carbocycles. The zero-order chi connectivity index (χ0) is 14.0. The summed E-state index contributed by atoms with van der Waals surface area (Å²) in [5.74, 6) is -1.61. The van der Waals surface area contributed by atoms with E-state index in [-0.39, 0.29) is 21.2 Å². The largest absolute Gasteiger partial charge is 0.478 e. The Balaban J connectivity index is 2.60. The third-order valence-corrected chi connectivity index (χ3v) is 3.29. The summed E-state index contributed by atoms with van der Waals surface area (Å²) in [7, 11) is 0. The van der Waals surface area contributed by atoms with Gasteiger partial charge in [0.15, 0.2) is 5.78 Å². The first-order valence-electron chi connectivity index (χ1n) is 5.33. The second-order valence-corrected chi connectivity index (χ2v) is 4.57. The number of hydrogen-bond donors (Lipinski definition) is 1. The molecule has 0 saturated carbocycles. The predicted molar refractivity (Wildman–Crippen MR) is 73.3 cm³/mol. The molecule has 19 heavy (non-hydrogen) atoms. The van der Waals surface area contributed by atoms with Crippen LogP contribution >= 0.6 is 23.2 Å². The Hall–Kier alpha value is -1.84. The molecule has 0 aliphatic heterocycles. The third-order valence-electron chi connectivity index (χ3n) is 2.58. The second-order valence-electron chi connectivity index (χ2n) is 3.78. The SMILES string of the molecule is O=C(O)c1ccc(Cl)c(C(=O)c2ccccc2)c1Cl. The molecular formula is C14H8Cl2O3. The molecule has 0 amide bonds. The number of halogens is 2. The number of carboxylic acids is 1. The van der Waals surface area contributed by atoms with Crippen LogP contribution < -0.4 is 0 Å². The lowest BCUT2D eigenvalue weighted by molar-refractivity contribution is 0.0697. The molecule has 0 saturated heterocycles. The standard InChI is InChI=1S/C14H8Cl2O3/c15-10-7-6-9(14(18)19)12(16)11(10)13(17)8-4-2-1-3-5-8/h1-7H,(H,18,19). The zero-order valence-corrected chi connectivity index (χ0v) is 11.1. The average molecular weight is 295 g/mol. The fraction of sp³-hybridized carbons (Fsp3) is 0. The topological polar surface area (TPSA) is 54.4 Å². The van der Waals surface area contributed by atoms with Crippen LogP contribution in [0.5, 0.6) is 0 Å². The molecule has 0 aliphatic rings. The number of rotatable bonds is 3. The van der Waals surface area contributed by atoms with Gasteiger partial charge in [-0.3, -0.25) is 4.79 Å². The van der Waals surface area contributed by atoms with E-state index in [1.165, 1.54) is 12.1 Å². The number of carbonyl (C=O) groups excluding carboxylic acids is 1. The molecule has 0 atom stereocenters. The minimum atomic E-state index is -1.20. The first-order chi connectivity index (χ1) is 9.02. The second kappa shape index (κ2) is 5.43. The Morgan fingerprint density at radius 2 is 1.58 bits per heavy atom. The zero-order valence-electron chi connectivity index (χ0n) is 9.56. The van der Waals surface area contributed by atoms with Gasteiger partial charge in [-0.25, -0.2) is 4.79 Å². The van der Waals surface area contributed by atoms with Crippen molar-refractivity contribution in [1.82, 2.24) is 0 Å². The molecule has 0 spiro atoms. The quantitative estimate of drug-likeness (QED) is 0.873. The van der Waals surface area contributed by atoms with Crippen molar-refractivity contribution in [2.75, 3.05) is 0 Å². The summed E-state index contributed by atoms with van der Waals surface area (Å²) in [6.45, 7) is 0.